The van der Waals surface area contributed by atoms with Gasteiger partial charge in [-0.05, 0) is 38.5 Å². The summed E-state index contributed by atoms with van der Waals surface area (Å²) in [6, 6.07) is 3.96. The third kappa shape index (κ3) is 4.98. The molecule has 0 aliphatic carbocycles. The fourth-order valence-corrected chi connectivity index (χ4v) is 4.97. The summed E-state index contributed by atoms with van der Waals surface area (Å²) in [5, 5.41) is 0. The summed E-state index contributed by atoms with van der Waals surface area (Å²) in [5.41, 5.74) is 1.32. The number of aromatic nitrogens is 4. The van der Waals surface area contributed by atoms with Gasteiger partial charge in [0.05, 0.1) is 27.7 Å². The number of hydrogen-bond acceptors (Lipinski definition) is 8. The smallest absolute Gasteiger partial charge is 0.332 e. The first-order chi connectivity index (χ1) is 17.4. The van der Waals surface area contributed by atoms with Gasteiger partial charge < -0.3 is 23.7 Å². The summed E-state index contributed by atoms with van der Waals surface area (Å²) < 4.78 is 21.0. The van der Waals surface area contributed by atoms with Crippen molar-refractivity contribution in [3.05, 3.63) is 44.9 Å². The lowest BCUT2D eigenvalue weighted by atomic mass is 10.1. The van der Waals surface area contributed by atoms with E-state index in [1.165, 1.54) is 11.6 Å². The van der Waals surface area contributed by atoms with Crippen LogP contribution in [0.1, 0.15) is 18.4 Å². The van der Waals surface area contributed by atoms with E-state index in [2.05, 4.69) is 14.8 Å². The van der Waals surface area contributed by atoms with Crippen LogP contribution in [0.3, 0.4) is 0 Å². The van der Waals surface area contributed by atoms with Crippen LogP contribution in [0, 0.1) is 0 Å². The van der Waals surface area contributed by atoms with E-state index in [0.717, 1.165) is 62.2 Å². The Morgan fingerprint density at radius 1 is 0.861 bits per heavy atom. The molecule has 4 rings (SSSR count). The molecule has 0 spiro atoms. The summed E-state index contributed by atoms with van der Waals surface area (Å²) >= 11 is 0. The van der Waals surface area contributed by atoms with Gasteiger partial charge in [0.15, 0.2) is 22.7 Å². The number of methoxy groups -OCH3 is 3. The SMILES string of the molecule is COc1ccc(CN2CCCN(CCCn3cnc4c3c(=O)n(C)c(=O)n4C)CC2)c(OC)c1OC. The molecule has 11 heteroatoms. The summed E-state index contributed by atoms with van der Waals surface area (Å²) in [6.45, 7) is 6.34. The van der Waals surface area contributed by atoms with Gasteiger partial charge in [0.2, 0.25) is 5.75 Å². The Labute approximate surface area is 210 Å². The number of fused-ring (bicyclic) bond motifs is 1. The van der Waals surface area contributed by atoms with Crippen LogP contribution in [0.2, 0.25) is 0 Å². The number of ether oxygens (including phenoxy) is 3. The maximum atomic E-state index is 12.7. The Morgan fingerprint density at radius 2 is 1.58 bits per heavy atom. The maximum Gasteiger partial charge on any atom is 0.332 e. The van der Waals surface area contributed by atoms with Gasteiger partial charge in [0, 0.05) is 45.8 Å². The standard InChI is InChI=1S/C25H36N6O5/c1-27-23-20(24(32)28(2)25(27)33)31(17-26-23)13-7-11-29-10-6-12-30(15-14-29)16-18-8-9-19(34-3)22(36-5)21(18)35-4/h8-9,17H,6-7,10-16H2,1-5H3. The Balaban J connectivity index is 1.36. The van der Waals surface area contributed by atoms with E-state index in [1.54, 1.807) is 34.7 Å². The molecular formula is C25H36N6O5. The van der Waals surface area contributed by atoms with E-state index in [0.29, 0.717) is 35.0 Å². The van der Waals surface area contributed by atoms with Crippen molar-refractivity contribution >= 4 is 11.2 Å². The summed E-state index contributed by atoms with van der Waals surface area (Å²) in [5.74, 6) is 2.00. The van der Waals surface area contributed by atoms with Crippen molar-refractivity contribution in [2.24, 2.45) is 14.1 Å². The molecule has 0 amide bonds. The van der Waals surface area contributed by atoms with Gasteiger partial charge in [-0.3, -0.25) is 18.8 Å². The van der Waals surface area contributed by atoms with Crippen LogP contribution < -0.4 is 25.5 Å². The molecule has 196 valence electrons. The van der Waals surface area contributed by atoms with Crippen molar-refractivity contribution in [2.45, 2.75) is 25.9 Å². The zero-order chi connectivity index (χ0) is 25.8. The van der Waals surface area contributed by atoms with E-state index in [-0.39, 0.29) is 11.2 Å². The van der Waals surface area contributed by atoms with Gasteiger partial charge in [-0.25, -0.2) is 9.78 Å². The molecule has 1 aromatic carbocycles. The van der Waals surface area contributed by atoms with E-state index in [1.807, 2.05) is 16.7 Å². The molecule has 0 saturated carbocycles. The molecule has 1 saturated heterocycles. The third-order valence-electron chi connectivity index (χ3n) is 6.95. The largest absolute Gasteiger partial charge is 0.493 e. The molecule has 0 radical (unpaired) electrons. The minimum atomic E-state index is -0.363. The summed E-state index contributed by atoms with van der Waals surface area (Å²) in [7, 11) is 8.05. The van der Waals surface area contributed by atoms with Crippen molar-refractivity contribution in [2.75, 3.05) is 54.1 Å². The highest BCUT2D eigenvalue weighted by molar-refractivity contribution is 5.69. The Bertz CT molecular complexity index is 1330. The molecule has 11 nitrogen and oxygen atoms in total. The number of aryl methyl sites for hydroxylation is 2. The van der Waals surface area contributed by atoms with Gasteiger partial charge in [-0.15, -0.1) is 0 Å². The average molecular weight is 501 g/mol. The monoisotopic (exact) mass is 500 g/mol. The highest BCUT2D eigenvalue weighted by Crippen LogP contribution is 2.40. The van der Waals surface area contributed by atoms with Crippen molar-refractivity contribution < 1.29 is 14.2 Å². The van der Waals surface area contributed by atoms with Crippen LogP contribution >= 0.6 is 0 Å². The maximum absolute atomic E-state index is 12.7. The molecule has 1 fully saturated rings. The van der Waals surface area contributed by atoms with Crippen LogP contribution in [-0.4, -0.2) is 82.5 Å². The molecule has 3 aromatic rings. The third-order valence-corrected chi connectivity index (χ3v) is 6.95. The number of hydrogen-bond donors (Lipinski definition) is 0. The van der Waals surface area contributed by atoms with E-state index >= 15 is 0 Å². The van der Waals surface area contributed by atoms with Gasteiger partial charge in [0.25, 0.3) is 5.56 Å². The minimum Gasteiger partial charge on any atom is -0.493 e. The highest BCUT2D eigenvalue weighted by Gasteiger charge is 2.20. The molecule has 0 N–H and O–H groups in total. The van der Waals surface area contributed by atoms with Gasteiger partial charge in [0.1, 0.15) is 0 Å². The molecular weight excluding hydrogens is 464 g/mol. The normalized spacial score (nSPS) is 15.2. The quantitative estimate of drug-likeness (QED) is 0.430. The lowest BCUT2D eigenvalue weighted by Crippen LogP contribution is -2.37. The predicted molar refractivity (Wildman–Crippen MR) is 137 cm³/mol. The first-order valence-electron chi connectivity index (χ1n) is 12.2. The van der Waals surface area contributed by atoms with Crippen molar-refractivity contribution in [3.8, 4) is 17.2 Å². The van der Waals surface area contributed by atoms with Crippen LogP contribution in [0.15, 0.2) is 28.0 Å². The van der Waals surface area contributed by atoms with Crippen molar-refractivity contribution in [1.29, 1.82) is 0 Å². The van der Waals surface area contributed by atoms with Gasteiger partial charge >= 0.3 is 5.69 Å². The summed E-state index contributed by atoms with van der Waals surface area (Å²) in [4.78, 5) is 34.0. The zero-order valence-electron chi connectivity index (χ0n) is 21.8. The molecule has 0 atom stereocenters. The second kappa shape index (κ2) is 11.2. The van der Waals surface area contributed by atoms with Gasteiger partial charge in [-0.2, -0.15) is 0 Å². The second-order valence-electron chi connectivity index (χ2n) is 9.13. The molecule has 1 aliphatic rings. The highest BCUT2D eigenvalue weighted by atomic mass is 16.5. The first-order valence-corrected chi connectivity index (χ1v) is 12.2. The molecule has 2 aromatic heterocycles. The van der Waals surface area contributed by atoms with Crippen LogP contribution in [-0.2, 0) is 27.2 Å². The molecule has 1 aliphatic heterocycles. The van der Waals surface area contributed by atoms with E-state index < -0.39 is 0 Å². The number of benzene rings is 1. The Kier molecular flexibility index (Phi) is 8.00. The molecule has 0 unspecified atom stereocenters. The zero-order valence-corrected chi connectivity index (χ0v) is 21.8. The van der Waals surface area contributed by atoms with Crippen LogP contribution in [0.5, 0.6) is 17.2 Å². The molecule has 36 heavy (non-hydrogen) atoms. The van der Waals surface area contributed by atoms with E-state index in [4.69, 9.17) is 14.2 Å². The second-order valence-corrected chi connectivity index (χ2v) is 9.13. The topological polar surface area (TPSA) is 96.0 Å². The lowest BCUT2D eigenvalue weighted by Gasteiger charge is -2.23. The number of nitrogens with zero attached hydrogens (tertiary/aromatic N) is 6. The summed E-state index contributed by atoms with van der Waals surface area (Å²) in [6.07, 6.45) is 3.62. The molecule has 0 bridgehead atoms. The minimum absolute atomic E-state index is 0.304. The predicted octanol–water partition coefficient (Wildman–Crippen LogP) is 1.06. The number of imidazole rings is 1. The van der Waals surface area contributed by atoms with E-state index in [9.17, 15) is 9.59 Å². The van der Waals surface area contributed by atoms with Crippen molar-refractivity contribution in [1.82, 2.24) is 28.5 Å². The van der Waals surface area contributed by atoms with Crippen LogP contribution in [0.4, 0.5) is 0 Å². The average Bonchev–Trinajstić information content (AvgIpc) is 3.19. The fourth-order valence-electron chi connectivity index (χ4n) is 4.97. The number of rotatable bonds is 9. The van der Waals surface area contributed by atoms with Gasteiger partial charge in [-0.1, -0.05) is 6.07 Å². The Morgan fingerprint density at radius 3 is 2.31 bits per heavy atom. The lowest BCUT2D eigenvalue weighted by molar-refractivity contribution is 0.244. The molecule has 3 heterocycles. The van der Waals surface area contributed by atoms with Crippen molar-refractivity contribution in [3.63, 3.8) is 0 Å². The Hall–Kier alpha value is -3.31. The fraction of sp³-hybridized carbons (Fsp3) is 0.560. The van der Waals surface area contributed by atoms with Crippen LogP contribution in [0.25, 0.3) is 11.2 Å². The first kappa shape index (κ1) is 25.8.